The van der Waals surface area contributed by atoms with E-state index in [1.807, 2.05) is 0 Å². The Morgan fingerprint density at radius 2 is 1.54 bits per heavy atom. The number of fused-ring (bicyclic) bond motifs is 7. The first-order valence-electron chi connectivity index (χ1n) is 16.1. The summed E-state index contributed by atoms with van der Waals surface area (Å²) in [5.41, 5.74) is 1.18. The molecular weight excluding hydrogens is 484 g/mol. The number of allylic oxidation sites excluding steroid dienone is 1. The zero-order chi connectivity index (χ0) is 28.8. The van der Waals surface area contributed by atoms with Gasteiger partial charge in [0.25, 0.3) is 0 Å². The maximum Gasteiger partial charge on any atom is 0.309 e. The van der Waals surface area contributed by atoms with Crippen LogP contribution in [0.2, 0.25) is 0 Å². The van der Waals surface area contributed by atoms with Crippen LogP contribution in [0.1, 0.15) is 126 Å². The van der Waals surface area contributed by atoms with Crippen LogP contribution in [0, 0.1) is 62.6 Å². The average molecular weight is 541 g/mol. The largest absolute Gasteiger partial charge is 0.481 e. The van der Waals surface area contributed by atoms with Gasteiger partial charge in [-0.3, -0.25) is 9.59 Å². The molecule has 0 spiro atoms. The molecule has 0 aromatic carbocycles. The van der Waals surface area contributed by atoms with E-state index >= 15 is 0 Å². The van der Waals surface area contributed by atoms with Crippen LogP contribution in [-0.4, -0.2) is 23.1 Å². The van der Waals surface area contributed by atoms with E-state index in [1.54, 1.807) is 13.8 Å². The summed E-state index contributed by atoms with van der Waals surface area (Å²) in [5.74, 6) is 3.19. The molecule has 10 atom stereocenters. The SMILES string of the molecule is C=C(C)[C@@H]1CCC2CC[C@]3(C)C(CCC4C3(C)CCC3C(C)(C)[C@@H](OC(=O)CC(C)(C)C(=O)O)CC[C@@]34C)C21. The minimum absolute atomic E-state index is 0.0787. The molecule has 5 aliphatic carbocycles. The third-order valence-electron chi connectivity index (χ3n) is 14.3. The van der Waals surface area contributed by atoms with Gasteiger partial charge in [0.05, 0.1) is 11.8 Å². The normalized spacial score (nSPS) is 46.7. The highest BCUT2D eigenvalue weighted by molar-refractivity contribution is 5.81. The van der Waals surface area contributed by atoms with E-state index in [4.69, 9.17) is 4.74 Å². The predicted molar refractivity (Wildman–Crippen MR) is 156 cm³/mol. The van der Waals surface area contributed by atoms with Crippen LogP contribution in [0.4, 0.5) is 0 Å². The lowest BCUT2D eigenvalue weighted by atomic mass is 9.33. The molecule has 0 heterocycles. The molecule has 6 unspecified atom stereocenters. The van der Waals surface area contributed by atoms with Crippen molar-refractivity contribution in [2.45, 2.75) is 132 Å². The van der Waals surface area contributed by atoms with E-state index in [2.05, 4.69) is 48.1 Å². The Labute approximate surface area is 238 Å². The number of rotatable bonds is 5. The van der Waals surface area contributed by atoms with E-state index in [1.165, 1.54) is 56.9 Å². The first-order chi connectivity index (χ1) is 18.0. The number of carboxylic acid groups (broad SMARTS) is 1. The monoisotopic (exact) mass is 540 g/mol. The molecule has 4 heteroatoms. The lowest BCUT2D eigenvalue weighted by Crippen LogP contribution is -2.66. The molecule has 39 heavy (non-hydrogen) atoms. The molecule has 5 rings (SSSR count). The van der Waals surface area contributed by atoms with Crippen molar-refractivity contribution in [1.29, 1.82) is 0 Å². The Kier molecular flexibility index (Phi) is 6.99. The summed E-state index contributed by atoms with van der Waals surface area (Å²) in [6, 6.07) is 0. The van der Waals surface area contributed by atoms with Crippen molar-refractivity contribution < 1.29 is 19.4 Å². The second-order valence-corrected chi connectivity index (χ2v) is 16.8. The van der Waals surface area contributed by atoms with Gasteiger partial charge in [-0.15, -0.1) is 0 Å². The fourth-order valence-electron chi connectivity index (χ4n) is 12.0. The van der Waals surface area contributed by atoms with Gasteiger partial charge in [-0.05, 0) is 137 Å². The molecule has 0 aromatic heterocycles. The van der Waals surface area contributed by atoms with Crippen molar-refractivity contribution in [2.24, 2.45) is 62.6 Å². The van der Waals surface area contributed by atoms with E-state index in [0.717, 1.165) is 36.5 Å². The van der Waals surface area contributed by atoms with E-state index < -0.39 is 11.4 Å². The van der Waals surface area contributed by atoms with E-state index in [-0.39, 0.29) is 29.3 Å². The van der Waals surface area contributed by atoms with Gasteiger partial charge in [-0.25, -0.2) is 0 Å². The number of carboxylic acids is 1. The molecule has 0 aromatic rings. The molecule has 4 nitrogen and oxygen atoms in total. The Balaban J connectivity index is 1.38. The summed E-state index contributed by atoms with van der Waals surface area (Å²) in [5, 5.41) is 9.50. The minimum atomic E-state index is -1.10. The minimum Gasteiger partial charge on any atom is -0.481 e. The highest BCUT2D eigenvalue weighted by atomic mass is 16.5. The molecule has 0 amide bonds. The zero-order valence-electron chi connectivity index (χ0n) is 26.2. The summed E-state index contributed by atoms with van der Waals surface area (Å²) in [6.45, 7) is 22.6. The number of carbonyl (C=O) groups is 2. The van der Waals surface area contributed by atoms with Gasteiger partial charge in [0.2, 0.25) is 0 Å². The van der Waals surface area contributed by atoms with Gasteiger partial charge in [-0.2, -0.15) is 0 Å². The Morgan fingerprint density at radius 3 is 2.18 bits per heavy atom. The molecule has 0 aliphatic heterocycles. The summed E-state index contributed by atoms with van der Waals surface area (Å²) >= 11 is 0. The van der Waals surface area contributed by atoms with Crippen molar-refractivity contribution in [3.63, 3.8) is 0 Å². The lowest BCUT2D eigenvalue weighted by Gasteiger charge is -2.72. The fourth-order valence-corrected chi connectivity index (χ4v) is 12.0. The van der Waals surface area contributed by atoms with E-state index in [9.17, 15) is 14.7 Å². The molecule has 220 valence electrons. The Bertz CT molecular complexity index is 1030. The molecule has 5 saturated carbocycles. The second kappa shape index (κ2) is 9.35. The van der Waals surface area contributed by atoms with Gasteiger partial charge in [0.1, 0.15) is 6.10 Å². The number of hydrogen-bond acceptors (Lipinski definition) is 3. The number of ether oxygens (including phenoxy) is 1. The van der Waals surface area contributed by atoms with Gasteiger partial charge < -0.3 is 9.84 Å². The van der Waals surface area contributed by atoms with Crippen LogP contribution in [0.5, 0.6) is 0 Å². The molecular formula is C35H56O4. The topological polar surface area (TPSA) is 63.6 Å². The van der Waals surface area contributed by atoms with Crippen molar-refractivity contribution in [3.05, 3.63) is 12.2 Å². The summed E-state index contributed by atoms with van der Waals surface area (Å²) < 4.78 is 6.12. The number of aliphatic carboxylic acids is 1. The second-order valence-electron chi connectivity index (χ2n) is 16.8. The van der Waals surface area contributed by atoms with Gasteiger partial charge in [-0.1, -0.05) is 46.8 Å². The van der Waals surface area contributed by atoms with Crippen LogP contribution < -0.4 is 0 Å². The lowest BCUT2D eigenvalue weighted by molar-refractivity contribution is -0.244. The molecule has 0 saturated heterocycles. The molecule has 5 aliphatic rings. The van der Waals surface area contributed by atoms with E-state index in [0.29, 0.717) is 22.7 Å². The third kappa shape index (κ3) is 4.18. The zero-order valence-corrected chi connectivity index (χ0v) is 26.2. The van der Waals surface area contributed by atoms with Crippen LogP contribution in [0.15, 0.2) is 12.2 Å². The number of hydrogen-bond donors (Lipinski definition) is 1. The van der Waals surface area contributed by atoms with Crippen molar-refractivity contribution in [3.8, 4) is 0 Å². The molecule has 0 radical (unpaired) electrons. The van der Waals surface area contributed by atoms with Crippen molar-refractivity contribution in [2.75, 3.05) is 0 Å². The predicted octanol–water partition coefficient (Wildman–Crippen LogP) is 8.69. The quantitative estimate of drug-likeness (QED) is 0.280. The maximum absolute atomic E-state index is 12.9. The standard InChI is InChI=1S/C35H56O4/c1-21(2)23-11-10-22-14-18-34(8)24(29(22)23)12-13-26-33(7)17-16-27(39-28(36)20-31(3,4)30(37)38)32(5,6)25(33)15-19-35(26,34)9/h22-27,29H,1,10-20H2,2-9H3,(H,37,38)/t22?,23-,24?,25?,26?,27-,29?,33-,34+,35?/m0/s1. The Hall–Kier alpha value is -1.32. The van der Waals surface area contributed by atoms with Gasteiger partial charge >= 0.3 is 11.9 Å². The smallest absolute Gasteiger partial charge is 0.309 e. The molecule has 0 bridgehead atoms. The average Bonchev–Trinajstić information content (AvgIpc) is 3.25. The molecule has 1 N–H and O–H groups in total. The van der Waals surface area contributed by atoms with Gasteiger partial charge in [0.15, 0.2) is 0 Å². The first kappa shape index (κ1) is 29.2. The highest BCUT2D eigenvalue weighted by Crippen LogP contribution is 2.76. The van der Waals surface area contributed by atoms with Crippen LogP contribution >= 0.6 is 0 Å². The summed E-state index contributed by atoms with van der Waals surface area (Å²) in [7, 11) is 0. The van der Waals surface area contributed by atoms with Crippen molar-refractivity contribution in [1.82, 2.24) is 0 Å². The van der Waals surface area contributed by atoms with Crippen molar-refractivity contribution >= 4 is 11.9 Å². The summed E-state index contributed by atoms with van der Waals surface area (Å²) in [4.78, 5) is 24.5. The van der Waals surface area contributed by atoms with Crippen LogP contribution in [-0.2, 0) is 14.3 Å². The first-order valence-corrected chi connectivity index (χ1v) is 16.1. The number of carbonyl (C=O) groups excluding carboxylic acids is 1. The number of esters is 1. The highest BCUT2D eigenvalue weighted by Gasteiger charge is 2.69. The molecule has 5 fully saturated rings. The van der Waals surface area contributed by atoms with Crippen LogP contribution in [0.25, 0.3) is 0 Å². The Morgan fingerprint density at radius 1 is 0.872 bits per heavy atom. The third-order valence-corrected chi connectivity index (χ3v) is 14.3. The fraction of sp³-hybridized carbons (Fsp3) is 0.886. The van der Waals surface area contributed by atoms with Crippen LogP contribution in [0.3, 0.4) is 0 Å². The summed E-state index contributed by atoms with van der Waals surface area (Å²) in [6.07, 6.45) is 12.5. The maximum atomic E-state index is 12.9. The van der Waals surface area contributed by atoms with Gasteiger partial charge in [0, 0.05) is 5.41 Å².